The van der Waals surface area contributed by atoms with Gasteiger partial charge in [0.05, 0.1) is 16.8 Å². The van der Waals surface area contributed by atoms with Crippen molar-refractivity contribution in [1.82, 2.24) is 19.7 Å². The molecule has 0 aliphatic carbocycles. The van der Waals surface area contributed by atoms with E-state index in [1.165, 1.54) is 12.3 Å². The summed E-state index contributed by atoms with van der Waals surface area (Å²) < 4.78 is 1.60. The van der Waals surface area contributed by atoms with Crippen LogP contribution in [-0.4, -0.2) is 63.7 Å². The zero-order valence-electron chi connectivity index (χ0n) is 16.4. The van der Waals surface area contributed by atoms with Gasteiger partial charge in [-0.15, -0.1) is 0 Å². The van der Waals surface area contributed by atoms with E-state index in [1.54, 1.807) is 47.4 Å². The molecule has 2 aromatic heterocycles. The smallest absolute Gasteiger partial charge is 0.293 e. The lowest BCUT2D eigenvalue weighted by Crippen LogP contribution is -2.44. The van der Waals surface area contributed by atoms with Crippen LogP contribution in [0.25, 0.3) is 5.82 Å². The van der Waals surface area contributed by atoms with E-state index in [-0.39, 0.29) is 11.3 Å². The molecule has 1 N–H and O–H groups in total. The summed E-state index contributed by atoms with van der Waals surface area (Å²) in [7, 11) is 2.02. The second-order valence-electron chi connectivity index (χ2n) is 7.06. The number of nitrogens with one attached hydrogen (secondary N) is 1. The van der Waals surface area contributed by atoms with Crippen molar-refractivity contribution in [3.8, 4) is 5.82 Å². The van der Waals surface area contributed by atoms with Gasteiger partial charge in [-0.25, -0.2) is 9.67 Å². The Kier molecular flexibility index (Phi) is 5.40. The van der Waals surface area contributed by atoms with E-state index in [0.29, 0.717) is 30.3 Å². The number of rotatable bonds is 5. The van der Waals surface area contributed by atoms with Crippen LogP contribution < -0.4 is 10.2 Å². The SMILES string of the molecule is CN1CCN(c2ccc(C(=O)Nc3ccc(-n4cccn4)nc3)cc2[N+](=O)[O-])CC1. The van der Waals surface area contributed by atoms with Crippen LogP contribution in [0.15, 0.2) is 55.0 Å². The molecular weight excluding hydrogens is 386 g/mol. The zero-order valence-corrected chi connectivity index (χ0v) is 16.4. The molecule has 154 valence electrons. The van der Waals surface area contributed by atoms with Crippen molar-refractivity contribution in [3.05, 3.63) is 70.7 Å². The van der Waals surface area contributed by atoms with Crippen molar-refractivity contribution in [2.24, 2.45) is 0 Å². The van der Waals surface area contributed by atoms with Crippen LogP contribution in [0, 0.1) is 10.1 Å². The molecule has 10 nitrogen and oxygen atoms in total. The molecule has 0 spiro atoms. The monoisotopic (exact) mass is 407 g/mol. The highest BCUT2D eigenvalue weighted by Crippen LogP contribution is 2.30. The molecule has 10 heteroatoms. The number of amides is 1. The van der Waals surface area contributed by atoms with E-state index in [9.17, 15) is 14.9 Å². The predicted octanol–water partition coefficient (Wildman–Crippen LogP) is 2.18. The Hall–Kier alpha value is -3.79. The molecule has 0 unspecified atom stereocenters. The van der Waals surface area contributed by atoms with E-state index >= 15 is 0 Å². The summed E-state index contributed by atoms with van der Waals surface area (Å²) in [6.07, 6.45) is 4.93. The number of anilines is 2. The molecule has 1 amide bonds. The molecule has 1 aliphatic heterocycles. The lowest BCUT2D eigenvalue weighted by Gasteiger charge is -2.33. The van der Waals surface area contributed by atoms with Crippen molar-refractivity contribution < 1.29 is 9.72 Å². The Bertz CT molecular complexity index is 1040. The average molecular weight is 407 g/mol. The number of aromatic nitrogens is 3. The lowest BCUT2D eigenvalue weighted by atomic mass is 10.1. The van der Waals surface area contributed by atoms with Crippen molar-refractivity contribution >= 4 is 23.0 Å². The zero-order chi connectivity index (χ0) is 21.1. The normalized spacial score (nSPS) is 14.5. The molecule has 30 heavy (non-hydrogen) atoms. The van der Waals surface area contributed by atoms with E-state index in [0.717, 1.165) is 13.1 Å². The van der Waals surface area contributed by atoms with Gasteiger partial charge in [0.25, 0.3) is 11.6 Å². The van der Waals surface area contributed by atoms with Crippen LogP contribution in [0.1, 0.15) is 10.4 Å². The second-order valence-corrected chi connectivity index (χ2v) is 7.06. The molecule has 1 aromatic carbocycles. The van der Waals surface area contributed by atoms with Gasteiger partial charge in [0.15, 0.2) is 5.82 Å². The maximum absolute atomic E-state index is 12.6. The van der Waals surface area contributed by atoms with Crippen LogP contribution in [-0.2, 0) is 0 Å². The summed E-state index contributed by atoms with van der Waals surface area (Å²) >= 11 is 0. The molecule has 3 aromatic rings. The summed E-state index contributed by atoms with van der Waals surface area (Å²) in [6, 6.07) is 9.81. The van der Waals surface area contributed by atoms with E-state index in [2.05, 4.69) is 20.3 Å². The highest BCUT2D eigenvalue weighted by molar-refractivity contribution is 6.05. The Morgan fingerprint density at radius 1 is 1.17 bits per heavy atom. The number of piperazine rings is 1. The van der Waals surface area contributed by atoms with E-state index in [1.807, 2.05) is 11.9 Å². The number of nitrogens with zero attached hydrogens (tertiary/aromatic N) is 6. The number of hydrogen-bond acceptors (Lipinski definition) is 7. The van der Waals surface area contributed by atoms with Crippen LogP contribution >= 0.6 is 0 Å². The first-order valence-corrected chi connectivity index (χ1v) is 9.50. The van der Waals surface area contributed by atoms with E-state index in [4.69, 9.17) is 0 Å². The number of benzene rings is 1. The molecule has 4 rings (SSSR count). The number of carbonyl (C=O) groups is 1. The van der Waals surface area contributed by atoms with Gasteiger partial charge >= 0.3 is 0 Å². The quantitative estimate of drug-likeness (QED) is 0.510. The second kappa shape index (κ2) is 8.29. The first-order valence-electron chi connectivity index (χ1n) is 9.50. The first-order chi connectivity index (χ1) is 14.5. The number of likely N-dealkylation sites (N-methyl/N-ethyl adjacent to an activating group) is 1. The van der Waals surface area contributed by atoms with Gasteiger partial charge in [-0.05, 0) is 37.4 Å². The minimum atomic E-state index is -0.440. The number of pyridine rings is 1. The van der Waals surface area contributed by atoms with Gasteiger partial charge in [-0.2, -0.15) is 5.10 Å². The molecule has 0 bridgehead atoms. The maximum atomic E-state index is 12.6. The third-order valence-electron chi connectivity index (χ3n) is 5.02. The fourth-order valence-electron chi connectivity index (χ4n) is 3.33. The molecule has 0 saturated carbocycles. The van der Waals surface area contributed by atoms with Crippen molar-refractivity contribution in [1.29, 1.82) is 0 Å². The van der Waals surface area contributed by atoms with Crippen LogP contribution in [0.5, 0.6) is 0 Å². The standard InChI is InChI=1S/C20H21N7O3/c1-24-9-11-25(12-10-24)17-5-3-15(13-18(17)27(29)30)20(28)23-16-4-6-19(21-14-16)26-8-2-7-22-26/h2-8,13-14H,9-12H2,1H3,(H,23,28). The predicted molar refractivity (Wildman–Crippen MR) is 112 cm³/mol. The topological polar surface area (TPSA) is 109 Å². The third-order valence-corrected chi connectivity index (χ3v) is 5.02. The van der Waals surface area contributed by atoms with Crippen molar-refractivity contribution in [2.75, 3.05) is 43.4 Å². The number of nitro benzene ring substituents is 1. The number of carbonyl (C=O) groups excluding carboxylic acids is 1. The van der Waals surface area contributed by atoms with Crippen molar-refractivity contribution in [2.45, 2.75) is 0 Å². The molecule has 1 fully saturated rings. The highest BCUT2D eigenvalue weighted by atomic mass is 16.6. The van der Waals surface area contributed by atoms with Gasteiger partial charge in [-0.1, -0.05) is 0 Å². The third kappa shape index (κ3) is 4.13. The Morgan fingerprint density at radius 3 is 2.60 bits per heavy atom. The molecule has 1 saturated heterocycles. The van der Waals surface area contributed by atoms with Crippen LogP contribution in [0.2, 0.25) is 0 Å². The van der Waals surface area contributed by atoms with Gasteiger partial charge < -0.3 is 15.1 Å². The Labute approximate surface area is 172 Å². The highest BCUT2D eigenvalue weighted by Gasteiger charge is 2.24. The minimum Gasteiger partial charge on any atom is -0.363 e. The molecular formula is C20H21N7O3. The molecule has 0 radical (unpaired) electrons. The average Bonchev–Trinajstić information content (AvgIpc) is 3.29. The van der Waals surface area contributed by atoms with Crippen molar-refractivity contribution in [3.63, 3.8) is 0 Å². The molecule has 1 aliphatic rings. The summed E-state index contributed by atoms with van der Waals surface area (Å²) in [5.74, 6) is 0.182. The molecule has 3 heterocycles. The minimum absolute atomic E-state index is 0.0700. The van der Waals surface area contributed by atoms with Gasteiger partial charge in [0, 0.05) is 50.2 Å². The van der Waals surface area contributed by atoms with Gasteiger partial charge in [-0.3, -0.25) is 14.9 Å². The first kappa shape index (κ1) is 19.5. The fourth-order valence-corrected chi connectivity index (χ4v) is 3.33. The Balaban J connectivity index is 1.51. The summed E-state index contributed by atoms with van der Waals surface area (Å²) in [5, 5.41) is 18.5. The maximum Gasteiger partial charge on any atom is 0.293 e. The summed E-state index contributed by atoms with van der Waals surface area (Å²) in [5.41, 5.74) is 1.17. The summed E-state index contributed by atoms with van der Waals surface area (Å²) in [4.78, 5) is 32.2. The Morgan fingerprint density at radius 2 is 1.97 bits per heavy atom. The number of hydrogen-bond donors (Lipinski definition) is 1. The van der Waals surface area contributed by atoms with Crippen LogP contribution in [0.4, 0.5) is 17.1 Å². The fraction of sp³-hybridized carbons (Fsp3) is 0.250. The summed E-state index contributed by atoms with van der Waals surface area (Å²) in [6.45, 7) is 3.08. The van der Waals surface area contributed by atoms with Crippen LogP contribution in [0.3, 0.4) is 0 Å². The number of nitro groups is 1. The van der Waals surface area contributed by atoms with Gasteiger partial charge in [0.2, 0.25) is 0 Å². The van der Waals surface area contributed by atoms with Gasteiger partial charge in [0.1, 0.15) is 5.69 Å². The largest absolute Gasteiger partial charge is 0.363 e. The van der Waals surface area contributed by atoms with E-state index < -0.39 is 10.8 Å². The molecule has 0 atom stereocenters. The lowest BCUT2D eigenvalue weighted by molar-refractivity contribution is -0.384.